The molecular formula is C22H23FN2O6S. The Kier molecular flexibility index (Phi) is 6.56. The van der Waals surface area contributed by atoms with Gasteiger partial charge in [-0.1, -0.05) is 12.1 Å². The maximum absolute atomic E-state index is 14.4. The molecule has 0 radical (unpaired) electrons. The minimum Gasteiger partial charge on any atom is -0.497 e. The largest absolute Gasteiger partial charge is 0.497 e. The Morgan fingerprint density at radius 2 is 2.00 bits per heavy atom. The molecule has 0 unspecified atom stereocenters. The topological polar surface area (TPSA) is 97.9 Å². The molecule has 3 aromatic rings. The molecule has 10 heteroatoms. The van der Waals surface area contributed by atoms with Gasteiger partial charge in [0.2, 0.25) is 10.0 Å². The van der Waals surface area contributed by atoms with Crippen molar-refractivity contribution in [1.29, 1.82) is 0 Å². The van der Waals surface area contributed by atoms with E-state index >= 15 is 0 Å². The number of sulfonamides is 1. The predicted molar refractivity (Wildman–Crippen MR) is 116 cm³/mol. The van der Waals surface area contributed by atoms with Crippen LogP contribution in [-0.2, 0) is 26.0 Å². The number of aromatic nitrogens is 1. The molecular weight excluding hydrogens is 439 g/mol. The van der Waals surface area contributed by atoms with Gasteiger partial charge in [0.05, 0.1) is 38.6 Å². The van der Waals surface area contributed by atoms with Crippen molar-refractivity contribution in [2.75, 3.05) is 33.5 Å². The van der Waals surface area contributed by atoms with Crippen LogP contribution < -0.4 is 10.3 Å². The number of nitrogens with zero attached hydrogens (tertiary/aromatic N) is 1. The first-order chi connectivity index (χ1) is 15.4. The zero-order valence-corrected chi connectivity index (χ0v) is 18.2. The molecule has 1 aliphatic heterocycles. The van der Waals surface area contributed by atoms with Gasteiger partial charge in [0, 0.05) is 24.7 Å². The van der Waals surface area contributed by atoms with E-state index in [9.17, 15) is 17.6 Å². The monoisotopic (exact) mass is 462 g/mol. The number of benzene rings is 2. The van der Waals surface area contributed by atoms with Crippen LogP contribution in [0.15, 0.2) is 58.2 Å². The van der Waals surface area contributed by atoms with Gasteiger partial charge in [-0.2, -0.15) is 4.31 Å². The highest BCUT2D eigenvalue weighted by Crippen LogP contribution is 2.23. The molecule has 0 aliphatic carbocycles. The Hall–Kier alpha value is -2.79. The number of hydrogen-bond acceptors (Lipinski definition) is 6. The molecule has 170 valence electrons. The number of fused-ring (bicyclic) bond motifs is 1. The Balaban J connectivity index is 1.72. The maximum Gasteiger partial charge on any atom is 0.252 e. The Labute approximate surface area is 184 Å². The lowest BCUT2D eigenvalue weighted by Crippen LogP contribution is -2.43. The third kappa shape index (κ3) is 4.68. The fraction of sp³-hybridized carbons (Fsp3) is 0.318. The minimum absolute atomic E-state index is 0.0866. The van der Waals surface area contributed by atoms with E-state index in [4.69, 9.17) is 14.2 Å². The summed E-state index contributed by atoms with van der Waals surface area (Å²) in [6.07, 6.45) is -0.533. The molecule has 4 rings (SSSR count). The summed E-state index contributed by atoms with van der Waals surface area (Å²) in [6, 6.07) is 12.0. The third-order valence-electron chi connectivity index (χ3n) is 5.22. The molecule has 0 amide bonds. The quantitative estimate of drug-likeness (QED) is 0.579. The van der Waals surface area contributed by atoms with E-state index in [1.54, 1.807) is 24.3 Å². The van der Waals surface area contributed by atoms with Crippen LogP contribution in [0.2, 0.25) is 0 Å². The van der Waals surface area contributed by atoms with Crippen molar-refractivity contribution < 1.29 is 27.0 Å². The number of halogens is 1. The first kappa shape index (κ1) is 22.4. The summed E-state index contributed by atoms with van der Waals surface area (Å²) >= 11 is 0. The van der Waals surface area contributed by atoms with Gasteiger partial charge < -0.3 is 19.2 Å². The average Bonchev–Trinajstić information content (AvgIpc) is 2.79. The van der Waals surface area contributed by atoms with Gasteiger partial charge in [-0.25, -0.2) is 12.8 Å². The number of ether oxygens (including phenoxy) is 3. The van der Waals surface area contributed by atoms with Gasteiger partial charge in [0.25, 0.3) is 5.56 Å². The van der Waals surface area contributed by atoms with Crippen LogP contribution in [0, 0.1) is 5.82 Å². The summed E-state index contributed by atoms with van der Waals surface area (Å²) in [5.41, 5.74) is 0.338. The average molecular weight is 462 g/mol. The highest BCUT2D eigenvalue weighted by atomic mass is 32.2. The number of aromatic amines is 1. The third-order valence-corrected chi connectivity index (χ3v) is 7.07. The number of methoxy groups -OCH3 is 1. The molecule has 2 heterocycles. The van der Waals surface area contributed by atoms with Crippen LogP contribution in [-0.4, -0.2) is 57.3 Å². The molecule has 1 aliphatic rings. The first-order valence-corrected chi connectivity index (χ1v) is 11.5. The van der Waals surface area contributed by atoms with E-state index in [2.05, 4.69) is 4.98 Å². The summed E-state index contributed by atoms with van der Waals surface area (Å²) < 4.78 is 58.3. The van der Waals surface area contributed by atoms with Gasteiger partial charge >= 0.3 is 0 Å². The number of nitrogens with one attached hydrogen (secondary N) is 1. The van der Waals surface area contributed by atoms with E-state index in [0.29, 0.717) is 29.9 Å². The van der Waals surface area contributed by atoms with E-state index < -0.39 is 32.4 Å². The second kappa shape index (κ2) is 9.37. The van der Waals surface area contributed by atoms with Crippen LogP contribution in [0.3, 0.4) is 0 Å². The van der Waals surface area contributed by atoms with E-state index in [-0.39, 0.29) is 25.3 Å². The fourth-order valence-corrected chi connectivity index (χ4v) is 5.08. The molecule has 2 aromatic carbocycles. The van der Waals surface area contributed by atoms with Crippen molar-refractivity contribution in [3.8, 4) is 5.75 Å². The molecule has 32 heavy (non-hydrogen) atoms. The lowest BCUT2D eigenvalue weighted by Gasteiger charge is -2.29. The van der Waals surface area contributed by atoms with Crippen molar-refractivity contribution in [3.05, 3.63) is 70.3 Å². The molecule has 0 bridgehead atoms. The van der Waals surface area contributed by atoms with Gasteiger partial charge in [-0.3, -0.25) is 4.79 Å². The molecule has 1 atom stereocenters. The number of hydrogen-bond donors (Lipinski definition) is 1. The zero-order chi connectivity index (χ0) is 22.7. The number of rotatable bonds is 7. The highest BCUT2D eigenvalue weighted by Gasteiger charge is 2.31. The first-order valence-electron chi connectivity index (χ1n) is 10.0. The van der Waals surface area contributed by atoms with Crippen LogP contribution in [0.25, 0.3) is 10.9 Å². The second-order valence-corrected chi connectivity index (χ2v) is 9.28. The van der Waals surface area contributed by atoms with Crippen molar-refractivity contribution in [3.63, 3.8) is 0 Å². The Morgan fingerprint density at radius 3 is 2.72 bits per heavy atom. The summed E-state index contributed by atoms with van der Waals surface area (Å²) in [5.74, 6) is -0.281. The van der Waals surface area contributed by atoms with Crippen molar-refractivity contribution in [2.24, 2.45) is 0 Å². The van der Waals surface area contributed by atoms with Crippen molar-refractivity contribution >= 4 is 20.9 Å². The van der Waals surface area contributed by atoms with E-state index in [1.807, 2.05) is 0 Å². The smallest absolute Gasteiger partial charge is 0.252 e. The maximum atomic E-state index is 14.4. The van der Waals surface area contributed by atoms with Gasteiger partial charge in [-0.15, -0.1) is 0 Å². The van der Waals surface area contributed by atoms with Crippen LogP contribution >= 0.6 is 0 Å². The lowest BCUT2D eigenvalue weighted by atomic mass is 10.1. The van der Waals surface area contributed by atoms with Gasteiger partial charge in [-0.05, 0) is 35.7 Å². The number of H-pyrrole nitrogens is 1. The van der Waals surface area contributed by atoms with E-state index in [0.717, 1.165) is 10.4 Å². The Morgan fingerprint density at radius 1 is 1.19 bits per heavy atom. The fourth-order valence-electron chi connectivity index (χ4n) is 3.57. The predicted octanol–water partition coefficient (Wildman–Crippen LogP) is 2.28. The van der Waals surface area contributed by atoms with Crippen LogP contribution in [0.5, 0.6) is 5.75 Å². The molecule has 0 spiro atoms. The van der Waals surface area contributed by atoms with Crippen LogP contribution in [0.1, 0.15) is 5.56 Å². The summed E-state index contributed by atoms with van der Waals surface area (Å²) in [6.45, 7) is 0.614. The normalized spacial score (nSPS) is 17.0. The summed E-state index contributed by atoms with van der Waals surface area (Å²) in [4.78, 5) is 15.0. The number of pyridine rings is 1. The zero-order valence-electron chi connectivity index (χ0n) is 17.4. The second-order valence-electron chi connectivity index (χ2n) is 7.37. The summed E-state index contributed by atoms with van der Waals surface area (Å²) in [7, 11) is -2.74. The standard InChI is InChI=1S/C22H23FN2O6S/c1-29-17-7-6-15-10-16(22(26)24-20(15)11-17)12-25(13-18-14-30-8-9-31-18)32(27,28)21-5-3-2-4-19(21)23/h2-7,10-11,18H,8-9,12-14H2,1H3,(H,24,26)/t18-/m0/s1. The van der Waals surface area contributed by atoms with Crippen molar-refractivity contribution in [2.45, 2.75) is 17.5 Å². The molecule has 1 N–H and O–H groups in total. The highest BCUT2D eigenvalue weighted by molar-refractivity contribution is 7.89. The lowest BCUT2D eigenvalue weighted by molar-refractivity contribution is -0.0923. The summed E-state index contributed by atoms with van der Waals surface area (Å²) in [5, 5.41) is 0.709. The molecule has 0 saturated carbocycles. The van der Waals surface area contributed by atoms with Gasteiger partial charge in [0.1, 0.15) is 16.5 Å². The Bertz CT molecular complexity index is 1270. The van der Waals surface area contributed by atoms with Gasteiger partial charge in [0.15, 0.2) is 0 Å². The molecule has 1 aromatic heterocycles. The SMILES string of the molecule is COc1ccc2cc(CN(C[C@H]3COCCO3)S(=O)(=O)c3ccccc3F)c(=O)[nH]c2c1. The minimum atomic E-state index is -4.26. The van der Waals surface area contributed by atoms with Crippen LogP contribution in [0.4, 0.5) is 4.39 Å². The molecule has 8 nitrogen and oxygen atoms in total. The molecule has 1 saturated heterocycles. The van der Waals surface area contributed by atoms with Crippen molar-refractivity contribution in [1.82, 2.24) is 9.29 Å². The van der Waals surface area contributed by atoms with E-state index in [1.165, 1.54) is 25.3 Å². The molecule has 1 fully saturated rings.